The van der Waals surface area contributed by atoms with Crippen LogP contribution in [0.4, 0.5) is 5.82 Å². The second-order valence-electron chi connectivity index (χ2n) is 5.08. The summed E-state index contributed by atoms with van der Waals surface area (Å²) in [5, 5.41) is 15.6. The summed E-state index contributed by atoms with van der Waals surface area (Å²) in [7, 11) is -2.14. The number of aromatic nitrogens is 2. The zero-order chi connectivity index (χ0) is 15.6. The number of anilines is 1. The lowest BCUT2D eigenvalue weighted by molar-refractivity contribution is 0.270. The normalized spacial score (nSPS) is 21.4. The molecule has 1 aromatic rings. The summed E-state index contributed by atoms with van der Waals surface area (Å²) in [5.74, 6) is -0.0319. The van der Waals surface area contributed by atoms with Crippen LogP contribution in [0.15, 0.2) is 11.4 Å². The number of oxime groups is 1. The van der Waals surface area contributed by atoms with E-state index in [1.165, 1.54) is 15.2 Å². The lowest BCUT2D eigenvalue weighted by Crippen LogP contribution is -2.45. The molecule has 118 valence electrons. The van der Waals surface area contributed by atoms with Gasteiger partial charge in [-0.25, -0.2) is 0 Å². The van der Waals surface area contributed by atoms with Gasteiger partial charge < -0.3 is 10.9 Å². The van der Waals surface area contributed by atoms with E-state index >= 15 is 0 Å². The number of aryl methyl sites for hydroxylation is 1. The molecule has 4 N–H and O–H groups in total. The summed E-state index contributed by atoms with van der Waals surface area (Å²) in [6.45, 7) is 2.36. The fourth-order valence-electron chi connectivity index (χ4n) is 2.41. The van der Waals surface area contributed by atoms with Crippen molar-refractivity contribution >= 4 is 21.9 Å². The molecule has 0 spiro atoms. The van der Waals surface area contributed by atoms with Gasteiger partial charge in [-0.2, -0.15) is 17.8 Å². The van der Waals surface area contributed by atoms with E-state index in [4.69, 9.17) is 10.9 Å². The molecule has 0 radical (unpaired) electrons. The molecule has 2 rings (SSSR count). The largest absolute Gasteiger partial charge is 0.409 e. The molecule has 1 saturated heterocycles. The van der Waals surface area contributed by atoms with Gasteiger partial charge in [0.1, 0.15) is 5.82 Å². The molecular weight excluding hydrogens is 296 g/mol. The second kappa shape index (κ2) is 5.90. The van der Waals surface area contributed by atoms with Crippen LogP contribution < -0.4 is 10.5 Å². The van der Waals surface area contributed by atoms with Crippen LogP contribution in [0, 0.1) is 0 Å². The Kier molecular flexibility index (Phi) is 4.37. The third kappa shape index (κ3) is 3.10. The maximum absolute atomic E-state index is 12.5. The quantitative estimate of drug-likeness (QED) is 0.313. The molecule has 0 amide bonds. The molecule has 0 saturated carbocycles. The third-order valence-corrected chi connectivity index (χ3v) is 5.21. The van der Waals surface area contributed by atoms with Crippen molar-refractivity contribution in [2.24, 2.45) is 17.9 Å². The first-order chi connectivity index (χ1) is 9.86. The van der Waals surface area contributed by atoms with E-state index in [1.807, 2.05) is 6.92 Å². The highest BCUT2D eigenvalue weighted by Gasteiger charge is 2.31. The molecule has 1 atom stereocenters. The van der Waals surface area contributed by atoms with Gasteiger partial charge in [0.05, 0.1) is 11.8 Å². The molecule has 21 heavy (non-hydrogen) atoms. The lowest BCUT2D eigenvalue weighted by Gasteiger charge is -2.32. The molecule has 0 bridgehead atoms. The number of nitrogens with one attached hydrogen (secondary N) is 1. The first-order valence-electron chi connectivity index (χ1n) is 6.66. The van der Waals surface area contributed by atoms with Gasteiger partial charge in [-0.15, -0.1) is 0 Å². The van der Waals surface area contributed by atoms with Gasteiger partial charge in [-0.3, -0.25) is 9.40 Å². The summed E-state index contributed by atoms with van der Waals surface area (Å²) >= 11 is 0. The Morgan fingerprint density at radius 2 is 2.29 bits per heavy atom. The molecule has 1 aromatic heterocycles. The minimum atomic E-state index is -3.71. The maximum Gasteiger partial charge on any atom is 0.303 e. The van der Waals surface area contributed by atoms with E-state index in [0.29, 0.717) is 6.54 Å². The molecule has 0 aromatic carbocycles. The molecule has 10 heteroatoms. The van der Waals surface area contributed by atoms with E-state index in [0.717, 1.165) is 19.3 Å². The Morgan fingerprint density at radius 3 is 2.90 bits per heavy atom. The lowest BCUT2D eigenvalue weighted by atomic mass is 10.1. The zero-order valence-corrected chi connectivity index (χ0v) is 12.8. The van der Waals surface area contributed by atoms with Crippen molar-refractivity contribution in [2.75, 3.05) is 11.3 Å². The summed E-state index contributed by atoms with van der Waals surface area (Å²) in [6, 6.07) is -0.0585. The van der Waals surface area contributed by atoms with E-state index in [1.54, 1.807) is 7.05 Å². The topological polar surface area (TPSA) is 126 Å². The Bertz CT molecular complexity index is 638. The summed E-state index contributed by atoms with van der Waals surface area (Å²) < 4.78 is 30.3. The minimum Gasteiger partial charge on any atom is -0.409 e. The van der Waals surface area contributed by atoms with Gasteiger partial charge in [0, 0.05) is 19.6 Å². The number of amidine groups is 1. The Morgan fingerprint density at radius 1 is 1.57 bits per heavy atom. The number of hydrogen-bond acceptors (Lipinski definition) is 5. The molecule has 1 unspecified atom stereocenters. The average Bonchev–Trinajstić information content (AvgIpc) is 2.79. The van der Waals surface area contributed by atoms with Crippen molar-refractivity contribution < 1.29 is 13.6 Å². The van der Waals surface area contributed by atoms with Gasteiger partial charge in [0.15, 0.2) is 5.84 Å². The number of rotatable bonds is 4. The van der Waals surface area contributed by atoms with Crippen LogP contribution in [0.2, 0.25) is 0 Å². The smallest absolute Gasteiger partial charge is 0.303 e. The van der Waals surface area contributed by atoms with Gasteiger partial charge in [-0.1, -0.05) is 11.6 Å². The number of nitrogens with zero attached hydrogens (tertiary/aromatic N) is 4. The first kappa shape index (κ1) is 15.6. The van der Waals surface area contributed by atoms with Crippen LogP contribution in [0.1, 0.15) is 31.7 Å². The second-order valence-corrected chi connectivity index (χ2v) is 6.70. The summed E-state index contributed by atoms with van der Waals surface area (Å²) in [4.78, 5) is 0. The fraction of sp³-hybridized carbons (Fsp3) is 0.636. The van der Waals surface area contributed by atoms with Crippen LogP contribution >= 0.6 is 0 Å². The van der Waals surface area contributed by atoms with Gasteiger partial charge in [-0.05, 0) is 19.8 Å². The third-order valence-electron chi connectivity index (χ3n) is 3.60. The van der Waals surface area contributed by atoms with Crippen LogP contribution in [0.25, 0.3) is 0 Å². The fourth-order valence-corrected chi connectivity index (χ4v) is 3.96. The number of hydrogen-bond donors (Lipinski definition) is 3. The van der Waals surface area contributed by atoms with Gasteiger partial charge in [0.2, 0.25) is 0 Å². The highest BCUT2D eigenvalue weighted by molar-refractivity contribution is 7.90. The molecule has 9 nitrogen and oxygen atoms in total. The van der Waals surface area contributed by atoms with Gasteiger partial charge >= 0.3 is 10.2 Å². The van der Waals surface area contributed by atoms with Crippen LogP contribution in [-0.4, -0.2) is 46.1 Å². The van der Waals surface area contributed by atoms with E-state index in [9.17, 15) is 8.42 Å². The van der Waals surface area contributed by atoms with Crippen molar-refractivity contribution in [3.63, 3.8) is 0 Å². The standard InChI is InChI=1S/C11H20N6O3S/c1-8-5-3-4-6-17(8)21(19,20)15-11-9(10(12)14-18)7-13-16(11)2/h7-8,15,18H,3-6H2,1-2H3,(H2,12,14). The summed E-state index contributed by atoms with van der Waals surface area (Å²) in [6.07, 6.45) is 4.03. The molecule has 1 aliphatic rings. The number of nitrogens with two attached hydrogens (primary N) is 1. The maximum atomic E-state index is 12.5. The highest BCUT2D eigenvalue weighted by Crippen LogP contribution is 2.23. The van der Waals surface area contributed by atoms with Crippen LogP contribution in [-0.2, 0) is 17.3 Å². The molecular formula is C11H20N6O3S. The predicted molar refractivity (Wildman–Crippen MR) is 78.3 cm³/mol. The van der Waals surface area contributed by atoms with Crippen molar-refractivity contribution in [1.82, 2.24) is 14.1 Å². The molecule has 0 aliphatic carbocycles. The van der Waals surface area contributed by atoms with Crippen molar-refractivity contribution in [2.45, 2.75) is 32.2 Å². The minimum absolute atomic E-state index is 0.0585. The monoisotopic (exact) mass is 316 g/mol. The highest BCUT2D eigenvalue weighted by atomic mass is 32.2. The van der Waals surface area contributed by atoms with E-state index in [2.05, 4.69) is 15.0 Å². The van der Waals surface area contributed by atoms with Crippen molar-refractivity contribution in [3.05, 3.63) is 11.8 Å². The molecule has 1 aliphatic heterocycles. The Labute approximate surface area is 123 Å². The predicted octanol–water partition coefficient (Wildman–Crippen LogP) is 0.0457. The van der Waals surface area contributed by atoms with Crippen molar-refractivity contribution in [1.29, 1.82) is 0 Å². The molecule has 2 heterocycles. The van der Waals surface area contributed by atoms with Crippen LogP contribution in [0.3, 0.4) is 0 Å². The average molecular weight is 316 g/mol. The molecule has 1 fully saturated rings. The van der Waals surface area contributed by atoms with Crippen LogP contribution in [0.5, 0.6) is 0 Å². The van der Waals surface area contributed by atoms with E-state index in [-0.39, 0.29) is 23.3 Å². The van der Waals surface area contributed by atoms with E-state index < -0.39 is 10.2 Å². The Hall–Kier alpha value is -1.81. The Balaban J connectivity index is 2.31. The summed E-state index contributed by atoms with van der Waals surface area (Å²) in [5.41, 5.74) is 5.76. The number of piperidine rings is 1. The first-order valence-corrected chi connectivity index (χ1v) is 8.10. The van der Waals surface area contributed by atoms with Gasteiger partial charge in [0.25, 0.3) is 0 Å². The zero-order valence-electron chi connectivity index (χ0n) is 12.0. The van der Waals surface area contributed by atoms with Crippen molar-refractivity contribution in [3.8, 4) is 0 Å². The SMILES string of the molecule is CC1CCCCN1S(=O)(=O)Nc1c(C(N)=NO)cnn1C.